The molecule has 9 heteroatoms. The van der Waals surface area contributed by atoms with Crippen LogP contribution in [0.3, 0.4) is 0 Å². The predicted octanol–water partition coefficient (Wildman–Crippen LogP) is 4.09. The summed E-state index contributed by atoms with van der Waals surface area (Å²) < 4.78 is 74.2. The molecule has 3 unspecified atom stereocenters. The minimum Gasteiger partial charge on any atom is -0.442 e. The van der Waals surface area contributed by atoms with Crippen molar-refractivity contribution >= 4 is 18.0 Å². The van der Waals surface area contributed by atoms with Crippen LogP contribution >= 0.6 is 12.0 Å². The second kappa shape index (κ2) is 5.61. The summed E-state index contributed by atoms with van der Waals surface area (Å²) in [5.41, 5.74) is 1.02. The van der Waals surface area contributed by atoms with E-state index in [1.54, 1.807) is 0 Å². The van der Waals surface area contributed by atoms with Gasteiger partial charge in [0.2, 0.25) is 0 Å². The molecule has 0 amide bonds. The van der Waals surface area contributed by atoms with E-state index in [9.17, 15) is 26.7 Å². The summed E-state index contributed by atoms with van der Waals surface area (Å²) >= 11 is -0.665. The molecule has 4 bridgehead atoms. The van der Waals surface area contributed by atoms with Crippen LogP contribution in [0.1, 0.15) is 25.7 Å². The normalized spacial score (nSPS) is 31.0. The fourth-order valence-corrected chi connectivity index (χ4v) is 4.54. The summed E-state index contributed by atoms with van der Waals surface area (Å²) in [4.78, 5) is 12.1. The highest BCUT2D eigenvalue weighted by Crippen LogP contribution is 2.59. The minimum atomic E-state index is -5.38. The van der Waals surface area contributed by atoms with E-state index >= 15 is 0 Å². The molecule has 130 valence electrons. The molecule has 3 atom stereocenters. The molecule has 5 rings (SSSR count). The van der Waals surface area contributed by atoms with Crippen LogP contribution in [-0.4, -0.2) is 30.6 Å². The molecule has 0 aromatic heterocycles. The summed E-state index contributed by atoms with van der Waals surface area (Å²) in [6.07, 6.45) is -5.79. The Bertz CT molecular complexity index is 531. The first-order valence-electron chi connectivity index (χ1n) is 7.23. The van der Waals surface area contributed by atoms with E-state index < -0.39 is 35.5 Å². The summed E-state index contributed by atoms with van der Waals surface area (Å²) in [5, 5.41) is -4.41. The molecule has 0 spiro atoms. The van der Waals surface area contributed by atoms with E-state index in [4.69, 9.17) is 0 Å². The average Bonchev–Trinajstić information content (AvgIpc) is 2.42. The molecule has 5 aliphatic carbocycles. The quantitative estimate of drug-likeness (QED) is 0.421. The smallest absolute Gasteiger partial charge is 0.432 e. The molecule has 23 heavy (non-hydrogen) atoms. The predicted molar refractivity (Wildman–Crippen MR) is 71.4 cm³/mol. The Morgan fingerprint density at radius 2 is 1.78 bits per heavy atom. The Hall–Kier alpha value is -0.830. The van der Waals surface area contributed by atoms with Gasteiger partial charge in [-0.3, -0.25) is 0 Å². The van der Waals surface area contributed by atoms with Crippen LogP contribution < -0.4 is 0 Å². The van der Waals surface area contributed by atoms with Crippen LogP contribution in [0.5, 0.6) is 0 Å². The Labute approximate surface area is 133 Å². The third-order valence-electron chi connectivity index (χ3n) is 4.79. The van der Waals surface area contributed by atoms with Gasteiger partial charge in [0.1, 0.15) is 0 Å². The Kier molecular flexibility index (Phi) is 4.15. The number of hydrogen-bond acceptors (Lipinski definition) is 4. The first kappa shape index (κ1) is 17.0. The van der Waals surface area contributed by atoms with Crippen LogP contribution in [0, 0.1) is 17.8 Å². The standard InChI is InChI=1S/C14H15F5O3S/c1-21-23-14(18,19)12(13(15,16)17)22-11(20)9-4-6-2-7-5-8(3-6)10(7)9/h6-8,12H,2-5H2,1H3. The zero-order valence-electron chi connectivity index (χ0n) is 12.2. The topological polar surface area (TPSA) is 35.5 Å². The second-order valence-corrected chi connectivity index (χ2v) is 7.29. The molecule has 0 saturated heterocycles. The van der Waals surface area contributed by atoms with Crippen molar-refractivity contribution in [3.63, 3.8) is 0 Å². The number of esters is 1. The highest BCUT2D eigenvalue weighted by Gasteiger charge is 2.61. The zero-order chi connectivity index (χ0) is 17.0. The van der Waals surface area contributed by atoms with Gasteiger partial charge in [-0.15, -0.1) is 0 Å². The number of halogens is 5. The van der Waals surface area contributed by atoms with Crippen molar-refractivity contribution in [2.45, 2.75) is 43.2 Å². The van der Waals surface area contributed by atoms with E-state index in [-0.39, 0.29) is 23.3 Å². The molecule has 3 nitrogen and oxygen atoms in total. The number of carbonyl (C=O) groups excluding carboxylic acids is 1. The molecule has 0 N–H and O–H groups in total. The highest BCUT2D eigenvalue weighted by atomic mass is 32.2. The molecule has 0 aromatic carbocycles. The van der Waals surface area contributed by atoms with Gasteiger partial charge >= 0.3 is 17.4 Å². The molecular formula is C14H15F5O3S. The minimum absolute atomic E-state index is 0.182. The second-order valence-electron chi connectivity index (χ2n) is 6.24. The van der Waals surface area contributed by atoms with E-state index in [2.05, 4.69) is 8.92 Å². The number of alkyl halides is 5. The van der Waals surface area contributed by atoms with E-state index in [1.807, 2.05) is 0 Å². The largest absolute Gasteiger partial charge is 0.442 e. The van der Waals surface area contributed by atoms with E-state index in [0.29, 0.717) is 6.42 Å². The maximum absolute atomic E-state index is 13.6. The Morgan fingerprint density at radius 1 is 1.17 bits per heavy atom. The van der Waals surface area contributed by atoms with Crippen molar-refractivity contribution in [3.05, 3.63) is 11.1 Å². The Morgan fingerprint density at radius 3 is 2.26 bits per heavy atom. The van der Waals surface area contributed by atoms with Crippen molar-refractivity contribution in [3.8, 4) is 0 Å². The van der Waals surface area contributed by atoms with Crippen LogP contribution in [0.4, 0.5) is 22.0 Å². The van der Waals surface area contributed by atoms with Gasteiger partial charge in [0, 0.05) is 5.57 Å². The number of rotatable bonds is 5. The molecule has 3 fully saturated rings. The van der Waals surface area contributed by atoms with Crippen LogP contribution in [0.15, 0.2) is 11.1 Å². The third-order valence-corrected chi connectivity index (χ3v) is 5.40. The van der Waals surface area contributed by atoms with Crippen LogP contribution in [0.25, 0.3) is 0 Å². The van der Waals surface area contributed by atoms with Crippen molar-refractivity contribution < 1.29 is 35.7 Å². The van der Waals surface area contributed by atoms with Crippen molar-refractivity contribution in [1.82, 2.24) is 0 Å². The number of ether oxygens (including phenoxy) is 1. The molecule has 0 aliphatic heterocycles. The monoisotopic (exact) mass is 358 g/mol. The number of fused-ring (bicyclic) bond motifs is 1. The lowest BCUT2D eigenvalue weighted by atomic mass is 9.51. The summed E-state index contributed by atoms with van der Waals surface area (Å²) in [5.74, 6) is -0.587. The summed E-state index contributed by atoms with van der Waals surface area (Å²) in [6, 6.07) is 0. The van der Waals surface area contributed by atoms with Gasteiger partial charge in [-0.25, -0.2) is 4.79 Å². The van der Waals surface area contributed by atoms with Crippen molar-refractivity contribution in [1.29, 1.82) is 0 Å². The number of hydrogen-bond donors (Lipinski definition) is 0. The first-order valence-corrected chi connectivity index (χ1v) is 7.98. The number of allylic oxidation sites excluding steroid dienone is 1. The zero-order valence-corrected chi connectivity index (χ0v) is 13.0. The average molecular weight is 358 g/mol. The molecule has 0 aromatic rings. The molecule has 3 saturated carbocycles. The fourth-order valence-electron chi connectivity index (χ4n) is 4.04. The van der Waals surface area contributed by atoms with Gasteiger partial charge in [0.15, 0.2) is 0 Å². The maximum atomic E-state index is 13.6. The first-order chi connectivity index (χ1) is 10.6. The molecule has 0 radical (unpaired) electrons. The summed E-state index contributed by atoms with van der Waals surface area (Å²) in [6.45, 7) is 0. The lowest BCUT2D eigenvalue weighted by Crippen LogP contribution is -2.48. The highest BCUT2D eigenvalue weighted by molar-refractivity contribution is 7.95. The van der Waals surface area contributed by atoms with Crippen LogP contribution in [0.2, 0.25) is 0 Å². The lowest BCUT2D eigenvalue weighted by molar-refractivity contribution is -0.255. The lowest BCUT2D eigenvalue weighted by Gasteiger charge is -2.53. The van der Waals surface area contributed by atoms with Gasteiger partial charge in [0.25, 0.3) is 6.10 Å². The molecular weight excluding hydrogens is 343 g/mol. The summed E-state index contributed by atoms with van der Waals surface area (Å²) in [7, 11) is 0.825. The maximum Gasteiger partial charge on any atom is 0.432 e. The van der Waals surface area contributed by atoms with Gasteiger partial charge in [-0.05, 0) is 43.4 Å². The van der Waals surface area contributed by atoms with Gasteiger partial charge < -0.3 is 8.92 Å². The van der Waals surface area contributed by atoms with Gasteiger partial charge in [0.05, 0.1) is 19.2 Å². The number of carbonyl (C=O) groups is 1. The van der Waals surface area contributed by atoms with Crippen LogP contribution in [-0.2, 0) is 13.7 Å². The van der Waals surface area contributed by atoms with E-state index in [0.717, 1.165) is 31.9 Å². The molecule has 0 heterocycles. The van der Waals surface area contributed by atoms with Gasteiger partial charge in [-0.1, -0.05) is 5.57 Å². The SMILES string of the molecule is COSC(F)(F)C(OC(=O)C1=C2C3CC(C1)CC2C3)C(F)(F)F. The van der Waals surface area contributed by atoms with Gasteiger partial charge in [-0.2, -0.15) is 22.0 Å². The van der Waals surface area contributed by atoms with Crippen molar-refractivity contribution in [2.24, 2.45) is 17.8 Å². The molecule has 5 aliphatic rings. The Balaban J connectivity index is 1.80. The third kappa shape index (κ3) is 2.97. The van der Waals surface area contributed by atoms with E-state index in [1.165, 1.54) is 0 Å². The van der Waals surface area contributed by atoms with Crippen molar-refractivity contribution in [2.75, 3.05) is 7.11 Å². The fraction of sp³-hybridized carbons (Fsp3) is 0.786.